The van der Waals surface area contributed by atoms with E-state index in [1.807, 2.05) is 11.8 Å². The molecule has 5 nitrogen and oxygen atoms in total. The number of piperazine rings is 1. The predicted molar refractivity (Wildman–Crippen MR) is 99.7 cm³/mol. The zero-order valence-electron chi connectivity index (χ0n) is 16.1. The third-order valence-corrected chi connectivity index (χ3v) is 6.57. The molecule has 1 N–H and O–H groups in total. The molecule has 0 spiro atoms. The summed E-state index contributed by atoms with van der Waals surface area (Å²) in [5, 5.41) is 3.30. The maximum Gasteiger partial charge on any atom is 0.225 e. The number of ketones is 1. The van der Waals surface area contributed by atoms with Crippen LogP contribution in [0.15, 0.2) is 0 Å². The van der Waals surface area contributed by atoms with Gasteiger partial charge in [-0.05, 0) is 25.7 Å². The first-order chi connectivity index (χ1) is 12.5. The highest BCUT2D eigenvalue weighted by molar-refractivity contribution is 5.82. The fraction of sp³-hybridized carbons (Fsp3) is 0.900. The average molecular weight is 368 g/mol. The summed E-state index contributed by atoms with van der Waals surface area (Å²) in [4.78, 5) is 28.7. The number of nitrogens with one attached hydrogen (secondary N) is 1. The van der Waals surface area contributed by atoms with Gasteiger partial charge in [0.05, 0.1) is 0 Å². The molecule has 3 fully saturated rings. The summed E-state index contributed by atoms with van der Waals surface area (Å²) < 4.78 is 15.2. The van der Waals surface area contributed by atoms with Crippen LogP contribution >= 0.6 is 0 Å². The van der Waals surface area contributed by atoms with Gasteiger partial charge in [-0.3, -0.25) is 14.5 Å². The summed E-state index contributed by atoms with van der Waals surface area (Å²) in [6, 6.07) is 0. The van der Waals surface area contributed by atoms with Crippen molar-refractivity contribution < 1.29 is 14.0 Å². The number of rotatable bonds is 5. The summed E-state index contributed by atoms with van der Waals surface area (Å²) in [6.45, 7) is 7.18. The van der Waals surface area contributed by atoms with E-state index in [1.165, 1.54) is 0 Å². The summed E-state index contributed by atoms with van der Waals surface area (Å²) >= 11 is 0. The lowest BCUT2D eigenvalue weighted by atomic mass is 9.78. The molecule has 0 aromatic carbocycles. The topological polar surface area (TPSA) is 52.7 Å². The lowest BCUT2D eigenvalue weighted by Gasteiger charge is -2.41. The van der Waals surface area contributed by atoms with E-state index in [9.17, 15) is 9.59 Å². The molecule has 0 unspecified atom stereocenters. The minimum Gasteiger partial charge on any atom is -0.342 e. The van der Waals surface area contributed by atoms with Gasteiger partial charge >= 0.3 is 0 Å². The van der Waals surface area contributed by atoms with Gasteiger partial charge in [0.1, 0.15) is 11.5 Å². The number of Topliss-reactive ketones (excluding diaryl/α,β-unsaturated/α-hetero) is 1. The molecular formula is C20H34FN3O2. The molecule has 148 valence electrons. The van der Waals surface area contributed by atoms with Crippen molar-refractivity contribution in [3.05, 3.63) is 0 Å². The Balaban J connectivity index is 1.44. The quantitative estimate of drug-likeness (QED) is 0.808. The highest BCUT2D eigenvalue weighted by Gasteiger charge is 2.39. The van der Waals surface area contributed by atoms with E-state index in [-0.39, 0.29) is 17.7 Å². The first-order valence-electron chi connectivity index (χ1n) is 10.4. The highest BCUT2D eigenvalue weighted by atomic mass is 19.1. The van der Waals surface area contributed by atoms with Crippen molar-refractivity contribution in [2.45, 2.75) is 57.5 Å². The monoisotopic (exact) mass is 367 g/mol. The minimum atomic E-state index is -1.15. The average Bonchev–Trinajstić information content (AvgIpc) is 2.68. The number of hydrogen-bond acceptors (Lipinski definition) is 4. The molecule has 2 heterocycles. The number of amides is 1. The van der Waals surface area contributed by atoms with Gasteiger partial charge in [-0.1, -0.05) is 6.92 Å². The second-order valence-corrected chi connectivity index (χ2v) is 8.37. The Kier molecular flexibility index (Phi) is 6.67. The Labute approximate surface area is 156 Å². The molecule has 0 atom stereocenters. The Hall–Kier alpha value is -1.01. The first kappa shape index (κ1) is 19.7. The number of likely N-dealkylation sites (tertiary alicyclic amines) is 1. The standard InChI is InChI=1S/C20H34FN3O2/c1-2-18(25)16-3-5-17(6-4-16)19(26)24-11-7-20(21,8-12-24)15-23-13-9-22-10-14-23/h16-17,22H,2-15H2,1H3. The van der Waals surface area contributed by atoms with Crippen molar-refractivity contribution in [1.29, 1.82) is 0 Å². The molecule has 0 bridgehead atoms. The van der Waals surface area contributed by atoms with Gasteiger partial charge in [0.25, 0.3) is 0 Å². The molecule has 1 amide bonds. The second-order valence-electron chi connectivity index (χ2n) is 8.37. The Morgan fingerprint density at radius 2 is 1.58 bits per heavy atom. The predicted octanol–water partition coefficient (Wildman–Crippen LogP) is 2.01. The molecule has 6 heteroatoms. The first-order valence-corrected chi connectivity index (χ1v) is 10.4. The number of nitrogens with zero attached hydrogens (tertiary/aromatic N) is 2. The van der Waals surface area contributed by atoms with Gasteiger partial charge in [-0.2, -0.15) is 0 Å². The Morgan fingerprint density at radius 3 is 2.15 bits per heavy atom. The van der Waals surface area contributed by atoms with E-state index >= 15 is 4.39 Å². The van der Waals surface area contributed by atoms with Gasteiger partial charge in [0, 0.05) is 76.9 Å². The van der Waals surface area contributed by atoms with E-state index in [1.54, 1.807) is 0 Å². The third-order valence-electron chi connectivity index (χ3n) is 6.57. The lowest BCUT2D eigenvalue weighted by molar-refractivity contribution is -0.140. The number of hydrogen-bond donors (Lipinski definition) is 1. The van der Waals surface area contributed by atoms with E-state index in [0.717, 1.165) is 51.9 Å². The molecule has 1 aliphatic carbocycles. The van der Waals surface area contributed by atoms with E-state index < -0.39 is 5.67 Å². The van der Waals surface area contributed by atoms with Crippen molar-refractivity contribution in [2.24, 2.45) is 11.8 Å². The van der Waals surface area contributed by atoms with Crippen LogP contribution in [-0.4, -0.2) is 73.0 Å². The molecule has 2 aliphatic heterocycles. The van der Waals surface area contributed by atoms with E-state index in [0.29, 0.717) is 44.7 Å². The van der Waals surface area contributed by atoms with Gasteiger partial charge in [-0.25, -0.2) is 4.39 Å². The number of carbonyl (C=O) groups is 2. The maximum absolute atomic E-state index is 15.2. The van der Waals surface area contributed by atoms with Gasteiger partial charge < -0.3 is 10.2 Å². The molecule has 0 radical (unpaired) electrons. The molecule has 0 aromatic rings. The van der Waals surface area contributed by atoms with Gasteiger partial charge in [0.15, 0.2) is 0 Å². The molecule has 26 heavy (non-hydrogen) atoms. The Morgan fingerprint density at radius 1 is 1.00 bits per heavy atom. The maximum atomic E-state index is 15.2. The number of carbonyl (C=O) groups excluding carboxylic acids is 2. The number of piperidine rings is 1. The van der Waals surface area contributed by atoms with Crippen LogP contribution in [0.1, 0.15) is 51.9 Å². The van der Waals surface area contributed by atoms with Crippen LogP contribution in [-0.2, 0) is 9.59 Å². The Bertz CT molecular complexity index is 491. The van der Waals surface area contributed by atoms with Gasteiger partial charge in [-0.15, -0.1) is 0 Å². The highest BCUT2D eigenvalue weighted by Crippen LogP contribution is 2.33. The summed E-state index contributed by atoms with van der Waals surface area (Å²) in [5.41, 5.74) is -1.15. The van der Waals surface area contributed by atoms with Crippen molar-refractivity contribution in [2.75, 3.05) is 45.8 Å². The molecule has 1 saturated carbocycles. The van der Waals surface area contributed by atoms with Crippen molar-refractivity contribution in [3.8, 4) is 0 Å². The molecular weight excluding hydrogens is 333 g/mol. The van der Waals surface area contributed by atoms with E-state index in [4.69, 9.17) is 0 Å². The zero-order valence-corrected chi connectivity index (χ0v) is 16.1. The van der Waals surface area contributed by atoms with Gasteiger partial charge in [0.2, 0.25) is 5.91 Å². The van der Waals surface area contributed by atoms with Crippen LogP contribution in [0.4, 0.5) is 4.39 Å². The molecule has 0 aromatic heterocycles. The van der Waals surface area contributed by atoms with Crippen molar-refractivity contribution in [3.63, 3.8) is 0 Å². The number of halogens is 1. The molecule has 3 rings (SSSR count). The van der Waals surface area contributed by atoms with Crippen LogP contribution in [0.25, 0.3) is 0 Å². The summed E-state index contributed by atoms with van der Waals surface area (Å²) in [7, 11) is 0. The van der Waals surface area contributed by atoms with Crippen molar-refractivity contribution >= 4 is 11.7 Å². The summed E-state index contributed by atoms with van der Waals surface area (Å²) in [6.07, 6.45) is 4.81. The third kappa shape index (κ3) is 4.83. The summed E-state index contributed by atoms with van der Waals surface area (Å²) in [5.74, 6) is 0.722. The number of alkyl halides is 1. The second kappa shape index (κ2) is 8.79. The van der Waals surface area contributed by atoms with Crippen LogP contribution in [0.2, 0.25) is 0 Å². The van der Waals surface area contributed by atoms with Crippen molar-refractivity contribution in [1.82, 2.24) is 15.1 Å². The smallest absolute Gasteiger partial charge is 0.225 e. The fourth-order valence-electron chi connectivity index (χ4n) is 4.77. The minimum absolute atomic E-state index is 0.0381. The fourth-order valence-corrected chi connectivity index (χ4v) is 4.77. The normalized spacial score (nSPS) is 30.2. The van der Waals surface area contributed by atoms with Crippen LogP contribution in [0.5, 0.6) is 0 Å². The van der Waals surface area contributed by atoms with Crippen LogP contribution < -0.4 is 5.32 Å². The molecule has 2 saturated heterocycles. The largest absolute Gasteiger partial charge is 0.342 e. The van der Waals surface area contributed by atoms with Crippen LogP contribution in [0, 0.1) is 11.8 Å². The molecule has 3 aliphatic rings. The SMILES string of the molecule is CCC(=O)C1CCC(C(=O)N2CCC(F)(CN3CCNCC3)CC2)CC1. The lowest BCUT2D eigenvalue weighted by Crippen LogP contribution is -2.54. The van der Waals surface area contributed by atoms with E-state index in [2.05, 4.69) is 10.2 Å². The zero-order chi connectivity index (χ0) is 18.6. The van der Waals surface area contributed by atoms with Crippen LogP contribution in [0.3, 0.4) is 0 Å².